The van der Waals surface area contributed by atoms with Gasteiger partial charge in [0.1, 0.15) is 10.7 Å². The van der Waals surface area contributed by atoms with Gasteiger partial charge in [0, 0.05) is 17.6 Å². The molecule has 98 valence electrons. The first kappa shape index (κ1) is 13.0. The number of nitro benzene ring substituents is 1. The van der Waals surface area contributed by atoms with E-state index in [1.54, 1.807) is 11.6 Å². The van der Waals surface area contributed by atoms with Crippen LogP contribution in [0.25, 0.3) is 0 Å². The summed E-state index contributed by atoms with van der Waals surface area (Å²) in [6.45, 7) is 0.239. The molecule has 0 amide bonds. The second-order valence-electron chi connectivity index (χ2n) is 3.54. The topological polar surface area (TPSA) is 105 Å². The number of nitro groups is 1. The Hall–Kier alpha value is -2.48. The number of carboxylic acids is 1. The third kappa shape index (κ3) is 2.86. The highest BCUT2D eigenvalue weighted by Crippen LogP contribution is 2.28. The molecule has 8 heteroatoms. The number of nitrogens with zero attached hydrogens (tertiary/aromatic N) is 2. The second kappa shape index (κ2) is 5.44. The minimum atomic E-state index is -1.22. The Morgan fingerprint density at radius 2 is 2.32 bits per heavy atom. The minimum Gasteiger partial charge on any atom is -0.478 e. The van der Waals surface area contributed by atoms with Gasteiger partial charge < -0.3 is 10.4 Å². The molecule has 1 aromatic carbocycles. The zero-order valence-corrected chi connectivity index (χ0v) is 10.4. The summed E-state index contributed by atoms with van der Waals surface area (Å²) in [5, 5.41) is 25.2. The lowest BCUT2D eigenvalue weighted by atomic mass is 10.1. The molecule has 7 nitrogen and oxygen atoms in total. The molecule has 0 unspecified atom stereocenters. The number of benzene rings is 1. The number of hydrogen-bond donors (Lipinski definition) is 2. The largest absolute Gasteiger partial charge is 0.478 e. The molecule has 2 rings (SSSR count). The monoisotopic (exact) mass is 279 g/mol. The summed E-state index contributed by atoms with van der Waals surface area (Å²) in [5.74, 6) is -1.22. The highest BCUT2D eigenvalue weighted by molar-refractivity contribution is 7.09. The van der Waals surface area contributed by atoms with Crippen LogP contribution >= 0.6 is 11.3 Å². The summed E-state index contributed by atoms with van der Waals surface area (Å²) >= 11 is 1.38. The Bertz CT molecular complexity index is 580. The van der Waals surface area contributed by atoms with E-state index in [1.165, 1.54) is 29.5 Å². The molecule has 0 atom stereocenters. The molecule has 1 aromatic heterocycles. The first-order chi connectivity index (χ1) is 9.09. The fourth-order valence-electron chi connectivity index (χ4n) is 1.56. The maximum atomic E-state index is 11.1. The number of aromatic nitrogens is 1. The zero-order chi connectivity index (χ0) is 13.8. The molecular weight excluding hydrogens is 270 g/mol. The summed E-state index contributed by atoms with van der Waals surface area (Å²) in [6.07, 6.45) is 1.61. The van der Waals surface area contributed by atoms with Gasteiger partial charge in [-0.15, -0.1) is 11.3 Å². The standard InChI is InChI=1S/C11H9N3O4S/c15-11(16)7-2-1-3-8(14(17)18)10(7)13-6-9-12-4-5-19-9/h1-5,13H,6H2,(H,15,16). The lowest BCUT2D eigenvalue weighted by Crippen LogP contribution is -2.08. The SMILES string of the molecule is O=C(O)c1cccc([N+](=O)[O-])c1NCc1nccs1. The number of hydrogen-bond acceptors (Lipinski definition) is 6. The Morgan fingerprint density at radius 1 is 1.53 bits per heavy atom. The number of aromatic carboxylic acids is 1. The molecule has 0 fully saturated rings. The zero-order valence-electron chi connectivity index (χ0n) is 9.57. The molecule has 0 spiro atoms. The van der Waals surface area contributed by atoms with Crippen LogP contribution in [0.3, 0.4) is 0 Å². The lowest BCUT2D eigenvalue weighted by molar-refractivity contribution is -0.384. The van der Waals surface area contributed by atoms with E-state index in [0.29, 0.717) is 0 Å². The van der Waals surface area contributed by atoms with Crippen molar-refractivity contribution in [2.75, 3.05) is 5.32 Å². The Kier molecular flexibility index (Phi) is 3.71. The molecule has 0 bridgehead atoms. The van der Waals surface area contributed by atoms with Crippen LogP contribution in [-0.2, 0) is 6.54 Å². The van der Waals surface area contributed by atoms with Crippen LogP contribution in [0.15, 0.2) is 29.8 Å². The van der Waals surface area contributed by atoms with E-state index in [2.05, 4.69) is 10.3 Å². The maximum absolute atomic E-state index is 11.1. The van der Waals surface area contributed by atoms with Gasteiger partial charge in [-0.2, -0.15) is 0 Å². The summed E-state index contributed by atoms with van der Waals surface area (Å²) in [7, 11) is 0. The van der Waals surface area contributed by atoms with Crippen molar-refractivity contribution in [1.82, 2.24) is 4.98 Å². The highest BCUT2D eigenvalue weighted by Gasteiger charge is 2.21. The van der Waals surface area contributed by atoms with Crippen LogP contribution in [0.2, 0.25) is 0 Å². The first-order valence-electron chi connectivity index (χ1n) is 5.22. The maximum Gasteiger partial charge on any atom is 0.338 e. The molecule has 2 N–H and O–H groups in total. The van der Waals surface area contributed by atoms with E-state index in [0.717, 1.165) is 5.01 Å². The van der Waals surface area contributed by atoms with E-state index in [4.69, 9.17) is 5.11 Å². The third-order valence-corrected chi connectivity index (χ3v) is 3.15. The van der Waals surface area contributed by atoms with Crippen molar-refractivity contribution in [3.05, 3.63) is 50.5 Å². The van der Waals surface area contributed by atoms with E-state index in [-0.39, 0.29) is 23.5 Å². The third-order valence-electron chi connectivity index (χ3n) is 2.37. The lowest BCUT2D eigenvalue weighted by Gasteiger charge is -2.08. The van der Waals surface area contributed by atoms with E-state index in [9.17, 15) is 14.9 Å². The molecule has 0 aliphatic heterocycles. The number of carbonyl (C=O) groups is 1. The Morgan fingerprint density at radius 3 is 2.89 bits per heavy atom. The van der Waals surface area contributed by atoms with Crippen molar-refractivity contribution in [2.24, 2.45) is 0 Å². The first-order valence-corrected chi connectivity index (χ1v) is 6.10. The van der Waals surface area contributed by atoms with Crippen LogP contribution < -0.4 is 5.32 Å². The number of thiazole rings is 1. The molecule has 0 aliphatic carbocycles. The van der Waals surface area contributed by atoms with Crippen LogP contribution in [0.4, 0.5) is 11.4 Å². The van der Waals surface area contributed by atoms with Crippen molar-refractivity contribution < 1.29 is 14.8 Å². The fraction of sp³-hybridized carbons (Fsp3) is 0.0909. The van der Waals surface area contributed by atoms with Crippen molar-refractivity contribution >= 4 is 28.7 Å². The summed E-state index contributed by atoms with van der Waals surface area (Å²) < 4.78 is 0. The molecule has 0 saturated carbocycles. The average molecular weight is 279 g/mol. The molecule has 1 heterocycles. The van der Waals surface area contributed by atoms with Crippen molar-refractivity contribution in [2.45, 2.75) is 6.54 Å². The van der Waals surface area contributed by atoms with Gasteiger partial charge in [-0.1, -0.05) is 6.07 Å². The molecule has 19 heavy (non-hydrogen) atoms. The Balaban J connectivity index is 2.35. The van der Waals surface area contributed by atoms with Crippen molar-refractivity contribution in [3.8, 4) is 0 Å². The molecule has 2 aromatic rings. The molecule has 0 saturated heterocycles. The van der Waals surface area contributed by atoms with Crippen molar-refractivity contribution in [1.29, 1.82) is 0 Å². The number of anilines is 1. The van der Waals surface area contributed by atoms with Gasteiger partial charge >= 0.3 is 5.97 Å². The molecular formula is C11H9N3O4S. The normalized spacial score (nSPS) is 10.1. The van der Waals surface area contributed by atoms with Crippen LogP contribution in [0.1, 0.15) is 15.4 Å². The average Bonchev–Trinajstić information content (AvgIpc) is 2.88. The van der Waals surface area contributed by atoms with Gasteiger partial charge in [0.2, 0.25) is 0 Å². The second-order valence-corrected chi connectivity index (χ2v) is 4.52. The quantitative estimate of drug-likeness (QED) is 0.643. The minimum absolute atomic E-state index is 0.00444. The summed E-state index contributed by atoms with van der Waals surface area (Å²) in [4.78, 5) is 25.4. The van der Waals surface area contributed by atoms with Gasteiger partial charge in [-0.25, -0.2) is 9.78 Å². The van der Waals surface area contributed by atoms with Crippen LogP contribution in [0, 0.1) is 10.1 Å². The van der Waals surface area contributed by atoms with Gasteiger partial charge in [-0.3, -0.25) is 10.1 Å². The number of carboxylic acid groups (broad SMARTS) is 1. The smallest absolute Gasteiger partial charge is 0.338 e. The highest BCUT2D eigenvalue weighted by atomic mass is 32.1. The molecule has 0 radical (unpaired) electrons. The fourth-order valence-corrected chi connectivity index (χ4v) is 2.12. The van der Waals surface area contributed by atoms with E-state index >= 15 is 0 Å². The molecule has 0 aliphatic rings. The number of para-hydroxylation sites is 1. The summed E-state index contributed by atoms with van der Waals surface area (Å²) in [5.41, 5.74) is -0.405. The van der Waals surface area contributed by atoms with Gasteiger partial charge in [0.15, 0.2) is 0 Å². The van der Waals surface area contributed by atoms with E-state index in [1.807, 2.05) is 0 Å². The Labute approximate surface area is 111 Å². The van der Waals surface area contributed by atoms with Gasteiger partial charge in [0.05, 0.1) is 17.0 Å². The van der Waals surface area contributed by atoms with Gasteiger partial charge in [0.25, 0.3) is 5.69 Å². The number of rotatable bonds is 5. The van der Waals surface area contributed by atoms with Crippen LogP contribution in [-0.4, -0.2) is 21.0 Å². The van der Waals surface area contributed by atoms with Gasteiger partial charge in [-0.05, 0) is 6.07 Å². The summed E-state index contributed by atoms with van der Waals surface area (Å²) in [6, 6.07) is 3.92. The number of nitrogens with one attached hydrogen (secondary N) is 1. The predicted octanol–water partition coefficient (Wildman–Crippen LogP) is 2.36. The van der Waals surface area contributed by atoms with Crippen molar-refractivity contribution in [3.63, 3.8) is 0 Å². The van der Waals surface area contributed by atoms with E-state index < -0.39 is 10.9 Å². The van der Waals surface area contributed by atoms with Crippen LogP contribution in [0.5, 0.6) is 0 Å². The predicted molar refractivity (Wildman–Crippen MR) is 69.5 cm³/mol.